The third-order valence-corrected chi connectivity index (χ3v) is 2.39. The van der Waals surface area contributed by atoms with Gasteiger partial charge < -0.3 is 0 Å². The van der Waals surface area contributed by atoms with Crippen LogP contribution in [-0.4, -0.2) is 9.97 Å². The highest BCUT2D eigenvalue weighted by atomic mass is 32.1. The highest BCUT2D eigenvalue weighted by Crippen LogP contribution is 2.22. The van der Waals surface area contributed by atoms with Gasteiger partial charge in [0.2, 0.25) is 0 Å². The number of halogens is 1. The largest absolute Gasteiger partial charge is 0.300 e. The Kier molecular flexibility index (Phi) is 2.38. The fourth-order valence-electron chi connectivity index (χ4n) is 0.985. The molecule has 6 heteroatoms. The van der Waals surface area contributed by atoms with Gasteiger partial charge in [0.15, 0.2) is 5.13 Å². The van der Waals surface area contributed by atoms with Crippen molar-refractivity contribution in [2.24, 2.45) is 5.84 Å². The Morgan fingerprint density at radius 2 is 2.21 bits per heavy atom. The average molecular weight is 210 g/mol. The third-order valence-electron chi connectivity index (χ3n) is 1.62. The quantitative estimate of drug-likeness (QED) is 0.584. The average Bonchev–Trinajstić information content (AvgIpc) is 2.67. The van der Waals surface area contributed by atoms with Crippen LogP contribution in [-0.2, 0) is 0 Å². The predicted molar refractivity (Wildman–Crippen MR) is 53.1 cm³/mol. The number of pyridine rings is 1. The highest BCUT2D eigenvalue weighted by Gasteiger charge is 2.04. The van der Waals surface area contributed by atoms with Crippen molar-refractivity contribution < 1.29 is 4.39 Å². The Morgan fingerprint density at radius 1 is 1.36 bits per heavy atom. The first-order valence-electron chi connectivity index (χ1n) is 3.83. The van der Waals surface area contributed by atoms with Crippen LogP contribution in [0.15, 0.2) is 23.7 Å². The van der Waals surface area contributed by atoms with Crippen molar-refractivity contribution >= 4 is 16.5 Å². The molecule has 0 amide bonds. The molecule has 4 nitrogen and oxygen atoms in total. The second kappa shape index (κ2) is 3.69. The summed E-state index contributed by atoms with van der Waals surface area (Å²) in [6, 6.07) is 2.92. The molecular formula is C8H7FN4S. The van der Waals surface area contributed by atoms with Gasteiger partial charge in [-0.2, -0.15) is 0 Å². The van der Waals surface area contributed by atoms with Crippen molar-refractivity contribution in [1.29, 1.82) is 0 Å². The lowest BCUT2D eigenvalue weighted by atomic mass is 10.3. The Morgan fingerprint density at radius 3 is 2.79 bits per heavy atom. The lowest BCUT2D eigenvalue weighted by Gasteiger charge is -1.94. The second-order valence-electron chi connectivity index (χ2n) is 2.54. The molecule has 14 heavy (non-hydrogen) atoms. The summed E-state index contributed by atoms with van der Waals surface area (Å²) in [5.74, 6) is 4.82. The number of nitrogens with zero attached hydrogens (tertiary/aromatic N) is 2. The van der Waals surface area contributed by atoms with E-state index in [2.05, 4.69) is 15.4 Å². The van der Waals surface area contributed by atoms with E-state index in [9.17, 15) is 4.39 Å². The molecule has 2 aromatic rings. The number of aromatic nitrogens is 2. The van der Waals surface area contributed by atoms with E-state index in [0.717, 1.165) is 6.20 Å². The smallest absolute Gasteiger partial charge is 0.197 e. The van der Waals surface area contributed by atoms with E-state index in [1.807, 2.05) is 0 Å². The molecule has 0 saturated heterocycles. The summed E-state index contributed by atoms with van der Waals surface area (Å²) in [6.07, 6.45) is 1.16. The van der Waals surface area contributed by atoms with Gasteiger partial charge in [0, 0.05) is 5.38 Å². The van der Waals surface area contributed by atoms with E-state index in [1.165, 1.54) is 17.4 Å². The summed E-state index contributed by atoms with van der Waals surface area (Å²) in [5.41, 5.74) is 3.75. The lowest BCUT2D eigenvalue weighted by Crippen LogP contribution is -2.05. The standard InChI is InChI=1S/C8H7FN4S/c9-5-1-2-6(11-3-5)7-4-14-8(12-7)13-10/h1-4H,10H2,(H,12,13). The molecule has 2 rings (SSSR count). The monoisotopic (exact) mass is 210 g/mol. The van der Waals surface area contributed by atoms with Crippen molar-refractivity contribution in [2.45, 2.75) is 0 Å². The number of thiazole rings is 1. The molecule has 2 aromatic heterocycles. The number of nitrogens with two attached hydrogens (primary N) is 1. The van der Waals surface area contributed by atoms with Crippen LogP contribution in [0.25, 0.3) is 11.4 Å². The van der Waals surface area contributed by atoms with Crippen molar-refractivity contribution in [2.75, 3.05) is 5.43 Å². The molecule has 0 aliphatic heterocycles. The molecule has 2 heterocycles. The second-order valence-corrected chi connectivity index (χ2v) is 3.40. The molecule has 0 fully saturated rings. The first kappa shape index (κ1) is 9.04. The zero-order chi connectivity index (χ0) is 9.97. The van der Waals surface area contributed by atoms with Crippen LogP contribution in [0.4, 0.5) is 9.52 Å². The molecule has 0 aromatic carbocycles. The van der Waals surface area contributed by atoms with Gasteiger partial charge in [-0.05, 0) is 12.1 Å². The van der Waals surface area contributed by atoms with Crippen LogP contribution in [0.5, 0.6) is 0 Å². The van der Waals surface area contributed by atoms with E-state index in [-0.39, 0.29) is 5.82 Å². The minimum atomic E-state index is -0.360. The van der Waals surface area contributed by atoms with Crippen LogP contribution < -0.4 is 11.3 Å². The van der Waals surface area contributed by atoms with E-state index < -0.39 is 0 Å². The number of hydrazine groups is 1. The van der Waals surface area contributed by atoms with Crippen LogP contribution >= 0.6 is 11.3 Å². The third kappa shape index (κ3) is 1.70. The van der Waals surface area contributed by atoms with Gasteiger partial charge in [-0.25, -0.2) is 15.2 Å². The fraction of sp³-hybridized carbons (Fsp3) is 0. The molecular weight excluding hydrogens is 203 g/mol. The summed E-state index contributed by atoms with van der Waals surface area (Å²) in [6.45, 7) is 0. The molecule has 0 unspecified atom stereocenters. The molecule has 0 radical (unpaired) electrons. The maximum atomic E-state index is 12.6. The molecule has 0 bridgehead atoms. The summed E-state index contributed by atoms with van der Waals surface area (Å²) in [5, 5.41) is 2.40. The number of nitrogens with one attached hydrogen (secondary N) is 1. The van der Waals surface area contributed by atoms with E-state index in [4.69, 9.17) is 5.84 Å². The molecule has 0 saturated carbocycles. The number of rotatable bonds is 2. The SMILES string of the molecule is NNc1nc(-c2ccc(F)cn2)cs1. The van der Waals surface area contributed by atoms with Gasteiger partial charge in [-0.1, -0.05) is 0 Å². The van der Waals surface area contributed by atoms with Gasteiger partial charge in [-0.3, -0.25) is 10.4 Å². The Labute approximate surface area is 83.6 Å². The maximum absolute atomic E-state index is 12.6. The number of hydrogen-bond acceptors (Lipinski definition) is 5. The molecule has 0 aliphatic carbocycles. The Balaban J connectivity index is 2.34. The number of nitrogen functional groups attached to an aromatic ring is 1. The van der Waals surface area contributed by atoms with Crippen molar-refractivity contribution in [1.82, 2.24) is 9.97 Å². The molecule has 0 aliphatic rings. The van der Waals surface area contributed by atoms with Gasteiger partial charge in [0.05, 0.1) is 11.9 Å². The summed E-state index contributed by atoms with van der Waals surface area (Å²) >= 11 is 1.37. The van der Waals surface area contributed by atoms with Gasteiger partial charge in [-0.15, -0.1) is 11.3 Å². The molecule has 3 N–H and O–H groups in total. The normalized spacial score (nSPS) is 10.1. The van der Waals surface area contributed by atoms with Crippen LogP contribution in [0.1, 0.15) is 0 Å². The fourth-order valence-corrected chi connectivity index (χ4v) is 1.60. The van der Waals surface area contributed by atoms with E-state index in [1.54, 1.807) is 11.4 Å². The lowest BCUT2D eigenvalue weighted by molar-refractivity contribution is 0.622. The zero-order valence-electron chi connectivity index (χ0n) is 7.07. The summed E-state index contributed by atoms with van der Waals surface area (Å²) in [4.78, 5) is 8.02. The Hall–Kier alpha value is -1.53. The molecule has 0 atom stereocenters. The maximum Gasteiger partial charge on any atom is 0.197 e. The zero-order valence-corrected chi connectivity index (χ0v) is 7.88. The van der Waals surface area contributed by atoms with Gasteiger partial charge >= 0.3 is 0 Å². The molecule has 72 valence electrons. The van der Waals surface area contributed by atoms with Crippen LogP contribution in [0.3, 0.4) is 0 Å². The van der Waals surface area contributed by atoms with E-state index >= 15 is 0 Å². The van der Waals surface area contributed by atoms with Crippen LogP contribution in [0.2, 0.25) is 0 Å². The van der Waals surface area contributed by atoms with Gasteiger partial charge in [0.25, 0.3) is 0 Å². The minimum absolute atomic E-state index is 0.360. The Bertz CT molecular complexity index is 425. The first-order valence-corrected chi connectivity index (χ1v) is 4.71. The van der Waals surface area contributed by atoms with Crippen molar-refractivity contribution in [3.05, 3.63) is 29.5 Å². The predicted octanol–water partition coefficient (Wildman–Crippen LogP) is 1.63. The van der Waals surface area contributed by atoms with Crippen molar-refractivity contribution in [3.63, 3.8) is 0 Å². The summed E-state index contributed by atoms with van der Waals surface area (Å²) in [7, 11) is 0. The first-order chi connectivity index (χ1) is 6.79. The van der Waals surface area contributed by atoms with Crippen LogP contribution in [0, 0.1) is 5.82 Å². The number of hydrogen-bond donors (Lipinski definition) is 2. The van der Waals surface area contributed by atoms with Gasteiger partial charge in [0.1, 0.15) is 11.5 Å². The van der Waals surface area contributed by atoms with Crippen molar-refractivity contribution in [3.8, 4) is 11.4 Å². The van der Waals surface area contributed by atoms with E-state index in [0.29, 0.717) is 16.5 Å². The summed E-state index contributed by atoms with van der Waals surface area (Å²) < 4.78 is 12.6. The number of anilines is 1. The highest BCUT2D eigenvalue weighted by molar-refractivity contribution is 7.14. The minimum Gasteiger partial charge on any atom is -0.300 e. The molecule has 0 spiro atoms. The topological polar surface area (TPSA) is 63.8 Å².